The number of aromatic nitrogens is 2. The van der Waals surface area contributed by atoms with E-state index in [0.29, 0.717) is 41.2 Å². The van der Waals surface area contributed by atoms with Crippen molar-refractivity contribution < 1.29 is 33.6 Å². The van der Waals surface area contributed by atoms with Gasteiger partial charge in [0.2, 0.25) is 12.7 Å². The van der Waals surface area contributed by atoms with Gasteiger partial charge in [-0.15, -0.1) is 0 Å². The lowest BCUT2D eigenvalue weighted by atomic mass is 9.95. The van der Waals surface area contributed by atoms with Crippen molar-refractivity contribution in [2.45, 2.75) is 45.1 Å². The Kier molecular flexibility index (Phi) is 6.01. The second-order valence-corrected chi connectivity index (χ2v) is 9.47. The second kappa shape index (κ2) is 9.39. The molecule has 2 atom stereocenters. The van der Waals surface area contributed by atoms with Gasteiger partial charge in [-0.3, -0.25) is 9.59 Å². The summed E-state index contributed by atoms with van der Waals surface area (Å²) >= 11 is 0. The van der Waals surface area contributed by atoms with E-state index in [4.69, 9.17) is 29.7 Å². The number of carbonyl (C=O) groups excluding carboxylic acids is 2. The molecule has 0 saturated heterocycles. The van der Waals surface area contributed by atoms with E-state index in [1.807, 2.05) is 19.1 Å². The maximum atomic E-state index is 13.4. The molecule has 0 fully saturated rings. The lowest BCUT2D eigenvalue weighted by Crippen LogP contribution is -2.33. The number of fused-ring (bicyclic) bond motifs is 6. The van der Waals surface area contributed by atoms with Crippen LogP contribution in [0.25, 0.3) is 22.3 Å². The summed E-state index contributed by atoms with van der Waals surface area (Å²) in [6, 6.07) is 5.38. The summed E-state index contributed by atoms with van der Waals surface area (Å²) in [5.41, 5.74) is 9.19. The van der Waals surface area contributed by atoms with Crippen LogP contribution >= 0.6 is 0 Å². The Bertz CT molecular complexity index is 1550. The Balaban J connectivity index is 1.41. The van der Waals surface area contributed by atoms with Gasteiger partial charge < -0.3 is 39.7 Å². The highest BCUT2D eigenvalue weighted by Crippen LogP contribution is 2.42. The smallest absolute Gasteiger partial charge is 0.340 e. The molecule has 12 nitrogen and oxygen atoms in total. The lowest BCUT2D eigenvalue weighted by Gasteiger charge is -2.21. The number of esters is 1. The molecule has 1 aromatic carbocycles. The fourth-order valence-corrected chi connectivity index (χ4v) is 5.15. The zero-order valence-electron chi connectivity index (χ0n) is 20.6. The quantitative estimate of drug-likeness (QED) is 0.231. The average molecular weight is 523 g/mol. The van der Waals surface area contributed by atoms with Crippen LogP contribution in [0.4, 0.5) is 0 Å². The summed E-state index contributed by atoms with van der Waals surface area (Å²) in [4.78, 5) is 41.6. The number of amides is 1. The molecule has 0 radical (unpaired) electrons. The van der Waals surface area contributed by atoms with Gasteiger partial charge in [0.05, 0.1) is 41.7 Å². The molecule has 0 aliphatic carbocycles. The first-order valence-corrected chi connectivity index (χ1v) is 12.3. The Morgan fingerprint density at radius 1 is 1.24 bits per heavy atom. The summed E-state index contributed by atoms with van der Waals surface area (Å²) in [5.74, 6) is 0.129. The van der Waals surface area contributed by atoms with E-state index in [9.17, 15) is 19.5 Å². The van der Waals surface area contributed by atoms with E-state index in [2.05, 4.69) is 5.32 Å². The average Bonchev–Trinajstić information content (AvgIpc) is 3.52. The van der Waals surface area contributed by atoms with Crippen LogP contribution in [0.2, 0.25) is 0 Å². The fraction of sp³-hybridized carbons (Fsp3) is 0.385. The standard InChI is InChI=1S/C26H26N4O8/c1-12(36-10-28-22(31)7-27)2-3-13-14-5-20-21(38-11-37-20)6-18(14)29-23-16(13)8-30-19(23)4-15-17(25(30)33)9-35-26(34)24(15)32/h4-6,12,24,32H,2-3,7-11,27H2,1H3,(H,28,31)/t12-,24+/m1/s1. The van der Waals surface area contributed by atoms with Crippen molar-refractivity contribution in [2.24, 2.45) is 5.73 Å². The molecule has 198 valence electrons. The summed E-state index contributed by atoms with van der Waals surface area (Å²) in [7, 11) is 0. The number of aliphatic hydroxyl groups is 1. The van der Waals surface area contributed by atoms with Gasteiger partial charge in [0.1, 0.15) is 13.3 Å². The zero-order chi connectivity index (χ0) is 26.6. The summed E-state index contributed by atoms with van der Waals surface area (Å²) in [6.45, 7) is 2.09. The third kappa shape index (κ3) is 3.97. The molecule has 38 heavy (non-hydrogen) atoms. The SMILES string of the molecule is C[C@H](CCc1c2c(nc3cc4c(cc13)OCO4)-c1cc3c(c(=O)n1C2)COC(=O)[C@H]3O)OCNC(=O)CN. The maximum absolute atomic E-state index is 13.4. The Morgan fingerprint density at radius 3 is 2.82 bits per heavy atom. The Labute approximate surface area is 216 Å². The number of nitrogens with zero attached hydrogens (tertiary/aromatic N) is 2. The van der Waals surface area contributed by atoms with Gasteiger partial charge >= 0.3 is 5.97 Å². The Hall–Kier alpha value is -4.00. The van der Waals surface area contributed by atoms with Gasteiger partial charge in [-0.2, -0.15) is 0 Å². The van der Waals surface area contributed by atoms with Crippen LogP contribution in [0.5, 0.6) is 11.5 Å². The van der Waals surface area contributed by atoms with Crippen LogP contribution in [-0.2, 0) is 38.6 Å². The minimum Gasteiger partial charge on any atom is -0.458 e. The van der Waals surface area contributed by atoms with Crippen LogP contribution in [-0.4, -0.2) is 52.7 Å². The van der Waals surface area contributed by atoms with Crippen molar-refractivity contribution in [1.29, 1.82) is 0 Å². The third-order valence-electron chi connectivity index (χ3n) is 7.19. The molecule has 4 N–H and O–H groups in total. The first-order chi connectivity index (χ1) is 18.4. The summed E-state index contributed by atoms with van der Waals surface area (Å²) < 4.78 is 23.5. The molecule has 0 bridgehead atoms. The molecule has 3 aliphatic rings. The van der Waals surface area contributed by atoms with Crippen molar-refractivity contribution in [3.05, 3.63) is 50.8 Å². The molecule has 3 aromatic rings. The predicted octanol–water partition coefficient (Wildman–Crippen LogP) is 0.614. The van der Waals surface area contributed by atoms with Gasteiger partial charge in [0, 0.05) is 22.6 Å². The molecular formula is C26H26N4O8. The number of aryl methyl sites for hydroxylation is 1. The number of pyridine rings is 2. The van der Waals surface area contributed by atoms with E-state index in [0.717, 1.165) is 16.5 Å². The molecule has 0 saturated carbocycles. The van der Waals surface area contributed by atoms with Crippen LogP contribution in [0.1, 0.15) is 41.7 Å². The molecule has 6 rings (SSSR count). The van der Waals surface area contributed by atoms with E-state index in [1.165, 1.54) is 0 Å². The number of carbonyl (C=O) groups is 2. The molecule has 0 spiro atoms. The summed E-state index contributed by atoms with van der Waals surface area (Å²) in [6.07, 6.45) is -0.480. The minimum atomic E-state index is -1.52. The minimum absolute atomic E-state index is 0.0561. The zero-order valence-corrected chi connectivity index (χ0v) is 20.6. The molecule has 3 aliphatic heterocycles. The lowest BCUT2D eigenvalue weighted by molar-refractivity contribution is -0.157. The molecule has 2 aromatic heterocycles. The molecule has 0 unspecified atom stereocenters. The van der Waals surface area contributed by atoms with Crippen LogP contribution < -0.4 is 26.1 Å². The van der Waals surface area contributed by atoms with Gasteiger partial charge in [0.25, 0.3) is 5.56 Å². The van der Waals surface area contributed by atoms with Crippen molar-refractivity contribution in [3.63, 3.8) is 0 Å². The second-order valence-electron chi connectivity index (χ2n) is 9.47. The van der Waals surface area contributed by atoms with Crippen molar-refractivity contribution >= 4 is 22.8 Å². The highest BCUT2D eigenvalue weighted by Gasteiger charge is 2.35. The van der Waals surface area contributed by atoms with Crippen molar-refractivity contribution in [1.82, 2.24) is 14.9 Å². The number of rotatable bonds is 7. The molecule has 12 heteroatoms. The number of ether oxygens (including phenoxy) is 4. The van der Waals surface area contributed by atoms with E-state index < -0.39 is 12.1 Å². The van der Waals surface area contributed by atoms with E-state index in [-0.39, 0.29) is 61.9 Å². The fourth-order valence-electron chi connectivity index (χ4n) is 5.15. The van der Waals surface area contributed by atoms with Gasteiger partial charge in [-0.1, -0.05) is 0 Å². The first-order valence-electron chi connectivity index (χ1n) is 12.3. The number of benzene rings is 1. The molecule has 1 amide bonds. The van der Waals surface area contributed by atoms with Crippen LogP contribution in [0, 0.1) is 0 Å². The van der Waals surface area contributed by atoms with Crippen molar-refractivity contribution in [2.75, 3.05) is 20.1 Å². The number of nitrogens with one attached hydrogen (secondary N) is 1. The van der Waals surface area contributed by atoms with E-state index >= 15 is 0 Å². The third-order valence-corrected chi connectivity index (χ3v) is 7.19. The molecular weight excluding hydrogens is 496 g/mol. The van der Waals surface area contributed by atoms with Crippen LogP contribution in [0.3, 0.4) is 0 Å². The first kappa shape index (κ1) is 24.3. The predicted molar refractivity (Wildman–Crippen MR) is 132 cm³/mol. The highest BCUT2D eigenvalue weighted by molar-refractivity contribution is 5.91. The maximum Gasteiger partial charge on any atom is 0.340 e. The van der Waals surface area contributed by atoms with Gasteiger partial charge in [0.15, 0.2) is 17.6 Å². The van der Waals surface area contributed by atoms with Gasteiger partial charge in [-0.25, -0.2) is 9.78 Å². The largest absolute Gasteiger partial charge is 0.458 e. The number of aliphatic hydroxyl groups excluding tert-OH is 1. The Morgan fingerprint density at radius 2 is 2.03 bits per heavy atom. The number of cyclic esters (lactones) is 1. The topological polar surface area (TPSA) is 164 Å². The summed E-state index contributed by atoms with van der Waals surface area (Å²) in [5, 5.41) is 13.9. The normalized spacial score (nSPS) is 17.6. The van der Waals surface area contributed by atoms with Crippen molar-refractivity contribution in [3.8, 4) is 22.9 Å². The number of nitrogens with two attached hydrogens (primary N) is 1. The van der Waals surface area contributed by atoms with E-state index in [1.54, 1.807) is 10.6 Å². The van der Waals surface area contributed by atoms with Crippen LogP contribution in [0.15, 0.2) is 23.0 Å². The number of hydrogen-bond acceptors (Lipinski definition) is 10. The highest BCUT2D eigenvalue weighted by atomic mass is 16.7. The number of hydrogen-bond donors (Lipinski definition) is 3. The monoisotopic (exact) mass is 522 g/mol. The van der Waals surface area contributed by atoms with Gasteiger partial charge in [-0.05, 0) is 37.5 Å². The molecule has 5 heterocycles.